The molecule has 0 N–H and O–H groups in total. The molecular formula is C29H35N3O4S. The smallest absolute Gasteiger partial charge is 0.243 e. The van der Waals surface area contributed by atoms with Crippen LogP contribution in [0, 0.1) is 6.92 Å². The van der Waals surface area contributed by atoms with E-state index in [2.05, 4.69) is 29.2 Å². The summed E-state index contributed by atoms with van der Waals surface area (Å²) in [4.78, 5) is 17.4. The maximum Gasteiger partial charge on any atom is 0.243 e. The van der Waals surface area contributed by atoms with Crippen LogP contribution in [-0.2, 0) is 14.8 Å². The number of rotatable bonds is 9. The van der Waals surface area contributed by atoms with E-state index in [0.717, 1.165) is 9.87 Å². The highest BCUT2D eigenvalue weighted by Gasteiger charge is 2.30. The van der Waals surface area contributed by atoms with Crippen molar-refractivity contribution < 1.29 is 17.9 Å². The number of amides is 1. The number of hydrogen-bond donors (Lipinski definition) is 0. The minimum absolute atomic E-state index is 0.102. The summed E-state index contributed by atoms with van der Waals surface area (Å²) in [7, 11) is -2.35. The van der Waals surface area contributed by atoms with Crippen LogP contribution in [0.3, 0.4) is 0 Å². The van der Waals surface area contributed by atoms with Gasteiger partial charge in [-0.25, -0.2) is 8.42 Å². The number of piperazine rings is 1. The Morgan fingerprint density at radius 1 is 0.919 bits per heavy atom. The van der Waals surface area contributed by atoms with Crippen LogP contribution in [0.4, 0.5) is 0 Å². The Labute approximate surface area is 220 Å². The normalized spacial score (nSPS) is 14.8. The number of likely N-dealkylation sites (N-methyl/N-ethyl adjacent to an activating group) is 1. The molecular weight excluding hydrogens is 486 g/mol. The van der Waals surface area contributed by atoms with Crippen LogP contribution >= 0.6 is 0 Å². The predicted molar refractivity (Wildman–Crippen MR) is 145 cm³/mol. The highest BCUT2D eigenvalue weighted by Crippen LogP contribution is 2.29. The van der Waals surface area contributed by atoms with E-state index >= 15 is 0 Å². The molecule has 37 heavy (non-hydrogen) atoms. The fraction of sp³-hybridized carbons (Fsp3) is 0.345. The van der Waals surface area contributed by atoms with Crippen LogP contribution in [0.5, 0.6) is 5.75 Å². The number of benzene rings is 3. The van der Waals surface area contributed by atoms with Crippen LogP contribution in [0.1, 0.15) is 29.7 Å². The zero-order chi connectivity index (χ0) is 26.4. The standard InChI is InChI=1S/C29H35N3O4S/c1-4-36-27-16-15-26(21-23(27)2)37(34,35)30(3)22-28(33)31-17-19-32(20-18-31)29(24-11-7-5-8-12-24)25-13-9-6-10-14-25/h5-16,21,29H,4,17-20,22H2,1-3H3. The minimum atomic E-state index is -3.80. The molecule has 1 saturated heterocycles. The molecule has 0 radical (unpaired) electrons. The molecule has 0 aromatic heterocycles. The largest absolute Gasteiger partial charge is 0.494 e. The number of carbonyl (C=O) groups excluding carboxylic acids is 1. The lowest BCUT2D eigenvalue weighted by molar-refractivity contribution is -0.133. The van der Waals surface area contributed by atoms with Crippen molar-refractivity contribution >= 4 is 15.9 Å². The van der Waals surface area contributed by atoms with Gasteiger partial charge >= 0.3 is 0 Å². The van der Waals surface area contributed by atoms with Gasteiger partial charge in [-0.2, -0.15) is 4.31 Å². The maximum absolute atomic E-state index is 13.1. The zero-order valence-corrected chi connectivity index (χ0v) is 22.5. The van der Waals surface area contributed by atoms with Crippen LogP contribution < -0.4 is 4.74 Å². The van der Waals surface area contributed by atoms with E-state index in [9.17, 15) is 13.2 Å². The Balaban J connectivity index is 1.41. The quantitative estimate of drug-likeness (QED) is 0.427. The molecule has 1 amide bonds. The third kappa shape index (κ3) is 6.21. The van der Waals surface area contributed by atoms with Crippen molar-refractivity contribution in [2.24, 2.45) is 0 Å². The van der Waals surface area contributed by atoms with Gasteiger partial charge in [-0.1, -0.05) is 60.7 Å². The predicted octanol–water partition coefficient (Wildman–Crippen LogP) is 3.95. The third-order valence-electron chi connectivity index (χ3n) is 6.78. The highest BCUT2D eigenvalue weighted by atomic mass is 32.2. The first-order valence-corrected chi connectivity index (χ1v) is 14.1. The van der Waals surface area contributed by atoms with Crippen molar-refractivity contribution in [3.63, 3.8) is 0 Å². The van der Waals surface area contributed by atoms with E-state index in [1.807, 2.05) is 50.2 Å². The summed E-state index contributed by atoms with van der Waals surface area (Å²) in [6.45, 7) is 6.50. The molecule has 0 aliphatic carbocycles. The lowest BCUT2D eigenvalue weighted by atomic mass is 9.96. The number of hydrogen-bond acceptors (Lipinski definition) is 5. The first kappa shape index (κ1) is 26.9. The molecule has 1 aliphatic heterocycles. The summed E-state index contributed by atoms with van der Waals surface area (Å²) in [5.41, 5.74) is 3.17. The molecule has 0 bridgehead atoms. The number of ether oxygens (including phenoxy) is 1. The van der Waals surface area contributed by atoms with Crippen LogP contribution in [0.15, 0.2) is 83.8 Å². The van der Waals surface area contributed by atoms with E-state index in [1.165, 1.54) is 24.2 Å². The van der Waals surface area contributed by atoms with Gasteiger partial charge in [-0.05, 0) is 48.7 Å². The molecule has 3 aromatic carbocycles. The van der Waals surface area contributed by atoms with Gasteiger partial charge in [0, 0.05) is 33.2 Å². The van der Waals surface area contributed by atoms with Gasteiger partial charge in [0.25, 0.3) is 0 Å². The first-order valence-electron chi connectivity index (χ1n) is 12.6. The fourth-order valence-corrected chi connectivity index (χ4v) is 5.98. The van der Waals surface area contributed by atoms with Crippen LogP contribution in [0.2, 0.25) is 0 Å². The number of nitrogens with zero attached hydrogens (tertiary/aromatic N) is 3. The van der Waals surface area contributed by atoms with E-state index in [0.29, 0.717) is 38.5 Å². The molecule has 0 atom stereocenters. The van der Waals surface area contributed by atoms with Gasteiger partial charge in [-0.15, -0.1) is 0 Å². The van der Waals surface area contributed by atoms with Crippen LogP contribution in [-0.4, -0.2) is 74.8 Å². The Kier molecular flexibility index (Phi) is 8.63. The van der Waals surface area contributed by atoms with Gasteiger partial charge in [0.05, 0.1) is 24.1 Å². The second-order valence-corrected chi connectivity index (χ2v) is 11.3. The summed E-state index contributed by atoms with van der Waals surface area (Å²) < 4.78 is 32.9. The Morgan fingerprint density at radius 2 is 1.49 bits per heavy atom. The average Bonchev–Trinajstić information content (AvgIpc) is 2.91. The van der Waals surface area contributed by atoms with Crippen molar-refractivity contribution in [3.05, 3.63) is 95.6 Å². The number of aryl methyl sites for hydroxylation is 1. The van der Waals surface area contributed by atoms with Crippen molar-refractivity contribution in [2.45, 2.75) is 24.8 Å². The molecule has 8 heteroatoms. The molecule has 0 spiro atoms. The molecule has 4 rings (SSSR count). The van der Waals surface area contributed by atoms with Gasteiger partial charge in [0.2, 0.25) is 15.9 Å². The van der Waals surface area contributed by atoms with Crippen molar-refractivity contribution in [1.82, 2.24) is 14.1 Å². The fourth-order valence-electron chi connectivity index (χ4n) is 4.77. The third-order valence-corrected chi connectivity index (χ3v) is 8.57. The summed E-state index contributed by atoms with van der Waals surface area (Å²) in [6, 6.07) is 25.7. The summed E-state index contributed by atoms with van der Waals surface area (Å²) in [5, 5.41) is 0. The average molecular weight is 522 g/mol. The van der Waals surface area contributed by atoms with Gasteiger partial charge in [-0.3, -0.25) is 9.69 Å². The second-order valence-electron chi connectivity index (χ2n) is 9.26. The first-order chi connectivity index (χ1) is 17.8. The molecule has 7 nitrogen and oxygen atoms in total. The molecule has 0 saturated carbocycles. The van der Waals surface area contributed by atoms with Gasteiger partial charge in [0.15, 0.2) is 0 Å². The highest BCUT2D eigenvalue weighted by molar-refractivity contribution is 7.89. The number of sulfonamides is 1. The Hall–Kier alpha value is -3.20. The van der Waals surface area contributed by atoms with E-state index in [4.69, 9.17) is 4.74 Å². The van der Waals surface area contributed by atoms with Gasteiger partial charge in [0.1, 0.15) is 5.75 Å². The van der Waals surface area contributed by atoms with Gasteiger partial charge < -0.3 is 9.64 Å². The molecule has 1 fully saturated rings. The van der Waals surface area contributed by atoms with Crippen molar-refractivity contribution in [1.29, 1.82) is 0 Å². The summed E-state index contributed by atoms with van der Waals surface area (Å²) >= 11 is 0. The van der Waals surface area contributed by atoms with E-state index < -0.39 is 10.0 Å². The minimum Gasteiger partial charge on any atom is -0.494 e. The lowest BCUT2D eigenvalue weighted by Gasteiger charge is -2.40. The lowest BCUT2D eigenvalue weighted by Crippen LogP contribution is -2.52. The summed E-state index contributed by atoms with van der Waals surface area (Å²) in [5.74, 6) is 0.465. The molecule has 1 aliphatic rings. The Bertz CT molecular complexity index is 1250. The molecule has 196 valence electrons. The second kappa shape index (κ2) is 11.9. The summed E-state index contributed by atoms with van der Waals surface area (Å²) in [6.07, 6.45) is 0. The molecule has 3 aromatic rings. The molecule has 1 heterocycles. The van der Waals surface area contributed by atoms with Crippen molar-refractivity contribution in [3.8, 4) is 5.75 Å². The van der Waals surface area contributed by atoms with Crippen LogP contribution in [0.25, 0.3) is 0 Å². The maximum atomic E-state index is 13.1. The number of carbonyl (C=O) groups is 1. The topological polar surface area (TPSA) is 70.2 Å². The molecule has 0 unspecified atom stereocenters. The SMILES string of the molecule is CCOc1ccc(S(=O)(=O)N(C)CC(=O)N2CCN(C(c3ccccc3)c3ccccc3)CC2)cc1C. The Morgan fingerprint density at radius 3 is 2.00 bits per heavy atom. The van der Waals surface area contributed by atoms with E-state index in [-0.39, 0.29) is 23.4 Å². The monoisotopic (exact) mass is 521 g/mol. The van der Waals surface area contributed by atoms with Crippen molar-refractivity contribution in [2.75, 3.05) is 46.4 Å². The van der Waals surface area contributed by atoms with E-state index in [1.54, 1.807) is 17.0 Å². The zero-order valence-electron chi connectivity index (χ0n) is 21.7.